The molecule has 2 rings (SSSR count). The van der Waals surface area contributed by atoms with Crippen LogP contribution in [0.1, 0.15) is 41.4 Å². The van der Waals surface area contributed by atoms with E-state index >= 15 is 0 Å². The third-order valence-electron chi connectivity index (χ3n) is 2.24. The quantitative estimate of drug-likeness (QED) is 0.620. The van der Waals surface area contributed by atoms with Gasteiger partial charge >= 0.3 is 26.2 Å². The Bertz CT molecular complexity index is 247. The van der Waals surface area contributed by atoms with E-state index in [1.807, 2.05) is 0 Å². The van der Waals surface area contributed by atoms with Crippen LogP contribution >= 0.6 is 0 Å². The first-order chi connectivity index (χ1) is 6.61. The van der Waals surface area contributed by atoms with Gasteiger partial charge in [0, 0.05) is 25.7 Å². The van der Waals surface area contributed by atoms with Crippen molar-refractivity contribution in [1.82, 2.24) is 0 Å². The largest absolute Gasteiger partial charge is 2.00 e. The topological polar surface area (TPSA) is 68.3 Å². The molecule has 0 heterocycles. The normalized spacial score (nSPS) is 19.7. The van der Waals surface area contributed by atoms with Gasteiger partial charge in [0.25, 0.3) is 0 Å². The molecule has 0 N–H and O–H groups in total. The van der Waals surface area contributed by atoms with Gasteiger partial charge in [0.15, 0.2) is 23.1 Å². The second-order valence-electron chi connectivity index (χ2n) is 3.40. The molecule has 2 aliphatic rings. The first kappa shape index (κ1) is 14.6. The number of hydrogen-bond donors (Lipinski definition) is 0. The van der Waals surface area contributed by atoms with Crippen LogP contribution in [-0.2, 0) is 45.4 Å². The third-order valence-corrected chi connectivity index (χ3v) is 2.24. The number of ketones is 4. The van der Waals surface area contributed by atoms with Gasteiger partial charge in [0.05, 0.1) is 0 Å². The Morgan fingerprint density at radius 2 is 0.800 bits per heavy atom. The standard InChI is InChI=1S/2C5H6O2.Zr.2H/c2*6-4-2-1-3-5(4)7;;;/h2*1-3H2;;;/q;;+2;2*-1. The molecule has 2 aliphatic carbocycles. The van der Waals surface area contributed by atoms with E-state index in [0.717, 1.165) is 12.8 Å². The second-order valence-corrected chi connectivity index (χ2v) is 3.40. The second kappa shape index (κ2) is 6.94. The van der Waals surface area contributed by atoms with E-state index in [9.17, 15) is 19.2 Å². The van der Waals surface area contributed by atoms with Crippen LogP contribution in [0.4, 0.5) is 0 Å². The van der Waals surface area contributed by atoms with Crippen molar-refractivity contribution < 1.29 is 48.2 Å². The van der Waals surface area contributed by atoms with Crippen LogP contribution in [0.25, 0.3) is 0 Å². The molecule has 4 nitrogen and oxygen atoms in total. The summed E-state index contributed by atoms with van der Waals surface area (Å²) in [5.74, 6) is -0.722. The summed E-state index contributed by atoms with van der Waals surface area (Å²) in [5, 5.41) is 0. The fourth-order valence-corrected chi connectivity index (χ4v) is 1.38. The average Bonchev–Trinajstić information content (AvgIpc) is 2.67. The summed E-state index contributed by atoms with van der Waals surface area (Å²) in [6.45, 7) is 0. The summed E-state index contributed by atoms with van der Waals surface area (Å²) < 4.78 is 0. The number of carbonyl (C=O) groups is 4. The summed E-state index contributed by atoms with van der Waals surface area (Å²) >= 11 is 0. The van der Waals surface area contributed by atoms with Crippen LogP contribution in [0.5, 0.6) is 0 Å². The Hall–Kier alpha value is -0.437. The first-order valence-electron chi connectivity index (χ1n) is 4.73. The molecule has 0 saturated heterocycles. The molecule has 0 unspecified atom stereocenters. The van der Waals surface area contributed by atoms with Crippen molar-refractivity contribution in [2.45, 2.75) is 38.5 Å². The summed E-state index contributed by atoms with van der Waals surface area (Å²) in [5.41, 5.74) is 0. The van der Waals surface area contributed by atoms with Crippen LogP contribution in [-0.4, -0.2) is 23.1 Å². The molecule has 82 valence electrons. The van der Waals surface area contributed by atoms with E-state index in [0.29, 0.717) is 25.7 Å². The van der Waals surface area contributed by atoms with Crippen molar-refractivity contribution in [2.75, 3.05) is 0 Å². The number of carbonyl (C=O) groups excluding carboxylic acids is 4. The molecular formula is C10H14O4Zr. The van der Waals surface area contributed by atoms with E-state index in [-0.39, 0.29) is 52.2 Å². The summed E-state index contributed by atoms with van der Waals surface area (Å²) in [6.07, 6.45) is 3.49. The van der Waals surface area contributed by atoms with E-state index < -0.39 is 0 Å². The fraction of sp³-hybridized carbons (Fsp3) is 0.600. The molecule has 15 heavy (non-hydrogen) atoms. The van der Waals surface area contributed by atoms with Gasteiger partial charge in [-0.2, -0.15) is 0 Å². The van der Waals surface area contributed by atoms with E-state index in [2.05, 4.69) is 0 Å². The minimum Gasteiger partial charge on any atom is -1.00 e. The molecular weight excluding hydrogens is 275 g/mol. The molecule has 5 heteroatoms. The maximum absolute atomic E-state index is 10.2. The third kappa shape index (κ3) is 4.74. The number of hydrogen-bond acceptors (Lipinski definition) is 4. The van der Waals surface area contributed by atoms with E-state index in [1.54, 1.807) is 0 Å². The van der Waals surface area contributed by atoms with Crippen molar-refractivity contribution in [3.05, 3.63) is 0 Å². The average molecular weight is 289 g/mol. The molecule has 0 amide bonds. The van der Waals surface area contributed by atoms with Crippen molar-refractivity contribution in [1.29, 1.82) is 0 Å². The van der Waals surface area contributed by atoms with Crippen molar-refractivity contribution in [2.24, 2.45) is 0 Å². The van der Waals surface area contributed by atoms with Crippen molar-refractivity contribution >= 4 is 23.1 Å². The van der Waals surface area contributed by atoms with Gasteiger partial charge < -0.3 is 2.85 Å². The van der Waals surface area contributed by atoms with Gasteiger partial charge in [0.2, 0.25) is 0 Å². The van der Waals surface area contributed by atoms with Crippen LogP contribution in [0.2, 0.25) is 0 Å². The van der Waals surface area contributed by atoms with Crippen LogP contribution in [0.3, 0.4) is 0 Å². The molecule has 2 fully saturated rings. The molecule has 0 bridgehead atoms. The molecule has 0 spiro atoms. The van der Waals surface area contributed by atoms with Gasteiger partial charge in [0.1, 0.15) is 0 Å². The Morgan fingerprint density at radius 1 is 0.600 bits per heavy atom. The zero-order chi connectivity index (χ0) is 10.6. The fourth-order valence-electron chi connectivity index (χ4n) is 1.38. The predicted molar refractivity (Wildman–Crippen MR) is 50.0 cm³/mol. The molecule has 0 radical (unpaired) electrons. The zero-order valence-corrected chi connectivity index (χ0v) is 10.8. The first-order valence-corrected chi connectivity index (χ1v) is 4.73. The predicted octanol–water partition coefficient (Wildman–Crippen LogP) is 0.840. The number of Topliss-reactive ketones (excluding diaryl/α,β-unsaturated/α-hetero) is 4. The summed E-state index contributed by atoms with van der Waals surface area (Å²) in [7, 11) is 0. The van der Waals surface area contributed by atoms with Crippen molar-refractivity contribution in [3.8, 4) is 0 Å². The summed E-state index contributed by atoms with van der Waals surface area (Å²) in [6, 6.07) is 0. The monoisotopic (exact) mass is 288 g/mol. The smallest absolute Gasteiger partial charge is 1.00 e. The Balaban J connectivity index is -0.000000196. The van der Waals surface area contributed by atoms with Crippen LogP contribution < -0.4 is 0 Å². The Labute approximate surface area is 110 Å². The van der Waals surface area contributed by atoms with Gasteiger partial charge in [-0.05, 0) is 12.8 Å². The van der Waals surface area contributed by atoms with E-state index in [1.165, 1.54) is 0 Å². The van der Waals surface area contributed by atoms with Gasteiger partial charge in [-0.15, -0.1) is 0 Å². The van der Waals surface area contributed by atoms with E-state index in [4.69, 9.17) is 0 Å². The zero-order valence-electron chi connectivity index (χ0n) is 10.4. The molecule has 0 aromatic rings. The maximum atomic E-state index is 10.2. The van der Waals surface area contributed by atoms with Gasteiger partial charge in [-0.1, -0.05) is 0 Å². The van der Waals surface area contributed by atoms with Crippen LogP contribution in [0, 0.1) is 0 Å². The molecule has 0 aromatic carbocycles. The van der Waals surface area contributed by atoms with Crippen molar-refractivity contribution in [3.63, 3.8) is 0 Å². The molecule has 0 aromatic heterocycles. The Morgan fingerprint density at radius 3 is 0.867 bits per heavy atom. The van der Waals surface area contributed by atoms with Crippen LogP contribution in [0.15, 0.2) is 0 Å². The minimum absolute atomic E-state index is 0. The number of rotatable bonds is 0. The molecule has 0 atom stereocenters. The Kier molecular flexibility index (Phi) is 6.74. The minimum atomic E-state index is -0.181. The maximum Gasteiger partial charge on any atom is 2.00 e. The molecule has 0 aliphatic heterocycles. The van der Waals surface area contributed by atoms with Gasteiger partial charge in [-0.3, -0.25) is 19.2 Å². The SMILES string of the molecule is O=C1CCCC1=O.O=C1CCCC1=O.[H-].[H-].[Zr+2]. The van der Waals surface area contributed by atoms with Gasteiger partial charge in [-0.25, -0.2) is 0 Å². The molecule has 2 saturated carbocycles. The summed E-state index contributed by atoms with van der Waals surface area (Å²) in [4.78, 5) is 40.9.